The van der Waals surface area contributed by atoms with E-state index in [4.69, 9.17) is 12.2 Å². The molecule has 50 valence electrons. The monoisotopic (exact) mass is 159 g/mol. The number of hydrogen-bond acceptors (Lipinski definition) is 2. The predicted molar refractivity (Wildman–Crippen MR) is 44.8 cm³/mol. The van der Waals surface area contributed by atoms with Crippen molar-refractivity contribution < 1.29 is 0 Å². The molecule has 0 radical (unpaired) electrons. The van der Waals surface area contributed by atoms with Crippen molar-refractivity contribution >= 4 is 28.3 Å². The summed E-state index contributed by atoms with van der Waals surface area (Å²) in [6, 6.07) is 0.725. The summed E-state index contributed by atoms with van der Waals surface area (Å²) in [5, 5.41) is 4.13. The molecule has 2 atom stereocenters. The molecule has 9 heavy (non-hydrogen) atoms. The van der Waals surface area contributed by atoms with Crippen molar-refractivity contribution in [3.05, 3.63) is 0 Å². The van der Waals surface area contributed by atoms with Gasteiger partial charge >= 0.3 is 0 Å². The third-order valence-corrected chi connectivity index (χ3v) is 3.62. The Kier molecular flexibility index (Phi) is 1.42. The van der Waals surface area contributed by atoms with E-state index in [1.807, 2.05) is 11.8 Å². The number of fused-ring (bicyclic) bond motifs is 1. The lowest BCUT2D eigenvalue weighted by Gasteiger charge is -2.04. The molecule has 0 aromatic rings. The highest BCUT2D eigenvalue weighted by atomic mass is 32.2. The quantitative estimate of drug-likeness (QED) is 0.538. The smallest absolute Gasteiger partial charge is 0.134 e. The summed E-state index contributed by atoms with van der Waals surface area (Å²) in [7, 11) is 0. The number of thioether (sulfide) groups is 1. The molecule has 2 fully saturated rings. The van der Waals surface area contributed by atoms with E-state index in [2.05, 4.69) is 5.32 Å². The summed E-state index contributed by atoms with van der Waals surface area (Å²) in [6.07, 6.45) is 4.08. The molecule has 3 heteroatoms. The van der Waals surface area contributed by atoms with Crippen LogP contribution in [0.15, 0.2) is 0 Å². The topological polar surface area (TPSA) is 12.0 Å². The van der Waals surface area contributed by atoms with Crippen molar-refractivity contribution in [1.29, 1.82) is 0 Å². The third-order valence-electron chi connectivity index (χ3n) is 2.01. The van der Waals surface area contributed by atoms with Crippen LogP contribution in [0.2, 0.25) is 0 Å². The van der Waals surface area contributed by atoms with Crippen LogP contribution in [0.4, 0.5) is 0 Å². The first kappa shape index (κ1) is 5.98. The minimum Gasteiger partial charge on any atom is -0.367 e. The Hall–Kier alpha value is 0.240. The second-order valence-corrected chi connectivity index (χ2v) is 4.54. The van der Waals surface area contributed by atoms with Crippen molar-refractivity contribution in [2.24, 2.45) is 0 Å². The molecule has 1 saturated heterocycles. The highest BCUT2D eigenvalue weighted by molar-refractivity contribution is 8.23. The standard InChI is InChI=1S/C6H9NS2/c8-6-7-4-2-1-3-5(4)9-6/h4-5H,1-3H2,(H,7,8)/t4-,5+/m0/s1. The van der Waals surface area contributed by atoms with E-state index < -0.39 is 0 Å². The van der Waals surface area contributed by atoms with Gasteiger partial charge in [0, 0.05) is 11.3 Å². The fourth-order valence-electron chi connectivity index (χ4n) is 1.56. The van der Waals surface area contributed by atoms with Crippen molar-refractivity contribution in [3.63, 3.8) is 0 Å². The van der Waals surface area contributed by atoms with E-state index in [-0.39, 0.29) is 0 Å². The van der Waals surface area contributed by atoms with Crippen LogP contribution in [-0.2, 0) is 0 Å². The zero-order valence-electron chi connectivity index (χ0n) is 5.09. The zero-order valence-corrected chi connectivity index (χ0v) is 6.73. The van der Waals surface area contributed by atoms with Gasteiger partial charge in [0.1, 0.15) is 4.32 Å². The van der Waals surface area contributed by atoms with Crippen molar-refractivity contribution in [2.45, 2.75) is 30.6 Å². The first-order valence-corrected chi connectivity index (χ1v) is 4.62. The highest BCUT2D eigenvalue weighted by Gasteiger charge is 2.34. The van der Waals surface area contributed by atoms with Crippen LogP contribution in [0.5, 0.6) is 0 Å². The van der Waals surface area contributed by atoms with Crippen molar-refractivity contribution in [2.75, 3.05) is 0 Å². The minimum absolute atomic E-state index is 0.725. The van der Waals surface area contributed by atoms with Crippen LogP contribution < -0.4 is 5.32 Å². The lowest BCUT2D eigenvalue weighted by molar-refractivity contribution is 0.664. The summed E-state index contributed by atoms with van der Waals surface area (Å²) in [5.74, 6) is 0. The van der Waals surface area contributed by atoms with E-state index in [1.54, 1.807) is 0 Å². The minimum atomic E-state index is 0.725. The molecule has 0 aromatic heterocycles. The molecular formula is C6H9NS2. The van der Waals surface area contributed by atoms with E-state index in [9.17, 15) is 0 Å². The van der Waals surface area contributed by atoms with Gasteiger partial charge in [-0.15, -0.1) is 0 Å². The number of hydrogen-bond donors (Lipinski definition) is 1. The third kappa shape index (κ3) is 0.964. The Bertz CT molecular complexity index is 132. The van der Waals surface area contributed by atoms with E-state index in [0.29, 0.717) is 0 Å². The lowest BCUT2D eigenvalue weighted by atomic mass is 10.3. The van der Waals surface area contributed by atoms with Crippen LogP contribution in [0.3, 0.4) is 0 Å². The van der Waals surface area contributed by atoms with Gasteiger partial charge < -0.3 is 5.32 Å². The van der Waals surface area contributed by atoms with E-state index in [1.165, 1.54) is 19.3 Å². The Balaban J connectivity index is 2.09. The van der Waals surface area contributed by atoms with Gasteiger partial charge in [-0.25, -0.2) is 0 Å². The van der Waals surface area contributed by atoms with Crippen LogP contribution in [0.25, 0.3) is 0 Å². The van der Waals surface area contributed by atoms with Gasteiger partial charge in [-0.05, 0) is 12.8 Å². The average Bonchev–Trinajstić information content (AvgIpc) is 2.22. The molecule has 2 rings (SSSR count). The number of rotatable bonds is 0. The molecule has 1 aliphatic carbocycles. The second kappa shape index (κ2) is 2.13. The fraction of sp³-hybridized carbons (Fsp3) is 0.833. The summed E-state index contributed by atoms with van der Waals surface area (Å²) >= 11 is 6.88. The normalized spacial score (nSPS) is 40.7. The maximum Gasteiger partial charge on any atom is 0.134 e. The summed E-state index contributed by atoms with van der Waals surface area (Å²) in [4.78, 5) is 0. The average molecular weight is 159 g/mol. The van der Waals surface area contributed by atoms with Gasteiger partial charge in [-0.1, -0.05) is 30.4 Å². The SMILES string of the molecule is S=C1N[C@H]2CCC[C@H]2S1. The maximum absolute atomic E-state index is 5.03. The van der Waals surface area contributed by atoms with Gasteiger partial charge in [-0.2, -0.15) is 0 Å². The molecule has 1 saturated carbocycles. The predicted octanol–water partition coefficient (Wildman–Crippen LogP) is 1.53. The summed E-state index contributed by atoms with van der Waals surface area (Å²) in [5.41, 5.74) is 0. The Morgan fingerprint density at radius 1 is 1.56 bits per heavy atom. The van der Waals surface area contributed by atoms with E-state index in [0.717, 1.165) is 15.6 Å². The first-order valence-electron chi connectivity index (χ1n) is 3.33. The molecule has 1 nitrogen and oxygen atoms in total. The van der Waals surface area contributed by atoms with Gasteiger partial charge in [0.25, 0.3) is 0 Å². The molecule has 0 aromatic carbocycles. The molecule has 1 aliphatic heterocycles. The van der Waals surface area contributed by atoms with Crippen LogP contribution in [0, 0.1) is 0 Å². The van der Waals surface area contributed by atoms with Crippen LogP contribution in [0.1, 0.15) is 19.3 Å². The second-order valence-electron chi connectivity index (χ2n) is 2.63. The van der Waals surface area contributed by atoms with Gasteiger partial charge in [0.05, 0.1) is 0 Å². The summed E-state index contributed by atoms with van der Waals surface area (Å²) < 4.78 is 1.02. The number of thiocarbonyl (C=S) groups is 1. The molecule has 1 heterocycles. The van der Waals surface area contributed by atoms with E-state index >= 15 is 0 Å². The van der Waals surface area contributed by atoms with Crippen LogP contribution in [-0.4, -0.2) is 15.6 Å². The van der Waals surface area contributed by atoms with Crippen molar-refractivity contribution in [1.82, 2.24) is 5.32 Å². The Labute approximate surface area is 64.6 Å². The fourth-order valence-corrected chi connectivity index (χ4v) is 3.22. The molecule has 0 bridgehead atoms. The van der Waals surface area contributed by atoms with Crippen molar-refractivity contribution in [3.8, 4) is 0 Å². The summed E-state index contributed by atoms with van der Waals surface area (Å²) in [6.45, 7) is 0. The number of nitrogens with one attached hydrogen (secondary N) is 1. The van der Waals surface area contributed by atoms with Crippen LogP contribution >= 0.6 is 24.0 Å². The first-order chi connectivity index (χ1) is 4.36. The molecular weight excluding hydrogens is 150 g/mol. The molecule has 0 amide bonds. The largest absolute Gasteiger partial charge is 0.367 e. The molecule has 0 unspecified atom stereocenters. The molecule has 0 spiro atoms. The lowest BCUT2D eigenvalue weighted by Crippen LogP contribution is -2.26. The van der Waals surface area contributed by atoms with Gasteiger partial charge in [0.2, 0.25) is 0 Å². The van der Waals surface area contributed by atoms with Gasteiger partial charge in [-0.3, -0.25) is 0 Å². The maximum atomic E-state index is 5.03. The highest BCUT2D eigenvalue weighted by Crippen LogP contribution is 2.35. The molecule has 2 aliphatic rings. The van der Waals surface area contributed by atoms with Gasteiger partial charge in [0.15, 0.2) is 0 Å². The molecule has 1 N–H and O–H groups in total. The Morgan fingerprint density at radius 2 is 2.44 bits per heavy atom. The zero-order chi connectivity index (χ0) is 6.27. The Morgan fingerprint density at radius 3 is 3.22 bits per heavy atom.